The van der Waals surface area contributed by atoms with Crippen LogP contribution in [-0.2, 0) is 13.1 Å². The molecule has 1 aromatic carbocycles. The van der Waals surface area contributed by atoms with E-state index >= 15 is 0 Å². The molecule has 5 nitrogen and oxygen atoms in total. The van der Waals surface area contributed by atoms with E-state index < -0.39 is 6.61 Å². The molecule has 130 valence electrons. The van der Waals surface area contributed by atoms with Crippen LogP contribution in [0.1, 0.15) is 10.4 Å². The van der Waals surface area contributed by atoms with Gasteiger partial charge in [-0.15, -0.1) is 11.3 Å². The van der Waals surface area contributed by atoms with Crippen molar-refractivity contribution in [2.75, 3.05) is 14.2 Å². The van der Waals surface area contributed by atoms with E-state index in [4.69, 9.17) is 4.74 Å². The van der Waals surface area contributed by atoms with Crippen molar-refractivity contribution in [1.29, 1.82) is 0 Å². The summed E-state index contributed by atoms with van der Waals surface area (Å²) >= 11 is 1.65. The van der Waals surface area contributed by atoms with Crippen molar-refractivity contribution in [3.05, 3.63) is 46.2 Å². The second-order valence-electron chi connectivity index (χ2n) is 4.72. The van der Waals surface area contributed by atoms with Gasteiger partial charge in [-0.1, -0.05) is 12.1 Å². The molecule has 0 saturated heterocycles. The topological polar surface area (TPSA) is 54.9 Å². The monoisotopic (exact) mass is 355 g/mol. The molecule has 0 aliphatic carbocycles. The lowest BCUT2D eigenvalue weighted by Gasteiger charge is -2.14. The molecule has 0 bridgehead atoms. The summed E-state index contributed by atoms with van der Waals surface area (Å²) in [5.74, 6) is 0.892. The Balaban J connectivity index is 1.94. The average molecular weight is 355 g/mol. The summed E-state index contributed by atoms with van der Waals surface area (Å²) < 4.78 is 34.4. The highest BCUT2D eigenvalue weighted by atomic mass is 32.1. The van der Waals surface area contributed by atoms with E-state index in [0.29, 0.717) is 19.0 Å². The van der Waals surface area contributed by atoms with Crippen LogP contribution >= 0.6 is 11.3 Å². The minimum absolute atomic E-state index is 0.00771. The van der Waals surface area contributed by atoms with E-state index in [1.807, 2.05) is 17.5 Å². The average Bonchev–Trinajstić information content (AvgIpc) is 3.08. The van der Waals surface area contributed by atoms with Gasteiger partial charge in [0.15, 0.2) is 17.5 Å². The first-order valence-corrected chi connectivity index (χ1v) is 8.09. The van der Waals surface area contributed by atoms with E-state index in [2.05, 4.69) is 20.4 Å². The maximum Gasteiger partial charge on any atom is 0.387 e. The van der Waals surface area contributed by atoms with Crippen molar-refractivity contribution in [3.63, 3.8) is 0 Å². The Kier molecular flexibility index (Phi) is 6.80. The van der Waals surface area contributed by atoms with Crippen LogP contribution in [0.2, 0.25) is 0 Å². The van der Waals surface area contributed by atoms with Crippen molar-refractivity contribution in [3.8, 4) is 11.5 Å². The van der Waals surface area contributed by atoms with Crippen LogP contribution < -0.4 is 20.1 Å². The molecule has 8 heteroatoms. The molecule has 0 fully saturated rings. The normalized spacial score (nSPS) is 11.5. The Labute approximate surface area is 143 Å². The molecule has 2 aromatic rings. The predicted molar refractivity (Wildman–Crippen MR) is 91.0 cm³/mol. The summed E-state index contributed by atoms with van der Waals surface area (Å²) in [6, 6.07) is 8.90. The predicted octanol–water partition coefficient (Wildman–Crippen LogP) is 3.22. The number of rotatable bonds is 7. The zero-order valence-corrected chi connectivity index (χ0v) is 14.2. The summed E-state index contributed by atoms with van der Waals surface area (Å²) in [5, 5.41) is 8.32. The third-order valence-corrected chi connectivity index (χ3v) is 4.01. The van der Waals surface area contributed by atoms with E-state index in [1.54, 1.807) is 30.5 Å². The molecule has 0 saturated carbocycles. The molecule has 1 heterocycles. The van der Waals surface area contributed by atoms with Gasteiger partial charge in [-0.3, -0.25) is 4.99 Å². The van der Waals surface area contributed by atoms with Gasteiger partial charge in [0.05, 0.1) is 13.7 Å². The zero-order valence-electron chi connectivity index (χ0n) is 13.4. The third kappa shape index (κ3) is 5.38. The van der Waals surface area contributed by atoms with Gasteiger partial charge < -0.3 is 20.1 Å². The number of halogens is 2. The van der Waals surface area contributed by atoms with Gasteiger partial charge in [-0.2, -0.15) is 8.78 Å². The van der Waals surface area contributed by atoms with E-state index in [9.17, 15) is 8.78 Å². The van der Waals surface area contributed by atoms with Crippen molar-refractivity contribution in [1.82, 2.24) is 10.6 Å². The number of aliphatic imine (C=N–C) groups is 1. The summed E-state index contributed by atoms with van der Waals surface area (Å²) in [7, 11) is 3.07. The Bertz CT molecular complexity index is 663. The molecule has 0 aliphatic rings. The molecule has 0 amide bonds. The number of hydrogen-bond acceptors (Lipinski definition) is 4. The zero-order chi connectivity index (χ0) is 17.4. The highest BCUT2D eigenvalue weighted by Gasteiger charge is 2.11. The maximum atomic E-state index is 12.5. The van der Waals surface area contributed by atoms with Gasteiger partial charge in [-0.25, -0.2) is 0 Å². The Hall–Kier alpha value is -2.35. The van der Waals surface area contributed by atoms with Crippen LogP contribution in [0.3, 0.4) is 0 Å². The second kappa shape index (κ2) is 9.07. The largest absolute Gasteiger partial charge is 0.493 e. The first kappa shape index (κ1) is 18.0. The number of hydrogen-bond donors (Lipinski definition) is 2. The number of ether oxygens (including phenoxy) is 2. The van der Waals surface area contributed by atoms with Crippen LogP contribution in [0.25, 0.3) is 0 Å². The lowest BCUT2D eigenvalue weighted by molar-refractivity contribution is -0.0512. The molecular weight excluding hydrogens is 336 g/mol. The fourth-order valence-electron chi connectivity index (χ4n) is 2.01. The Morgan fingerprint density at radius 3 is 2.62 bits per heavy atom. The number of nitrogens with one attached hydrogen (secondary N) is 2. The van der Waals surface area contributed by atoms with Crippen LogP contribution in [-0.4, -0.2) is 26.7 Å². The summed E-state index contributed by atoms with van der Waals surface area (Å²) in [6.45, 7) is -1.82. The first-order chi connectivity index (χ1) is 11.6. The van der Waals surface area contributed by atoms with Gasteiger partial charge in [0.25, 0.3) is 0 Å². The lowest BCUT2D eigenvalue weighted by Crippen LogP contribution is -2.36. The van der Waals surface area contributed by atoms with Crippen molar-refractivity contribution in [2.45, 2.75) is 19.7 Å². The van der Waals surface area contributed by atoms with Crippen LogP contribution in [0.5, 0.6) is 11.5 Å². The lowest BCUT2D eigenvalue weighted by atomic mass is 10.2. The summed E-state index contributed by atoms with van der Waals surface area (Å²) in [6.07, 6.45) is 0. The first-order valence-electron chi connectivity index (χ1n) is 7.21. The minimum atomic E-state index is -2.90. The number of methoxy groups -OCH3 is 1. The van der Waals surface area contributed by atoms with Gasteiger partial charge >= 0.3 is 6.61 Å². The number of guanidine groups is 1. The quantitative estimate of drug-likeness (QED) is 0.591. The summed E-state index contributed by atoms with van der Waals surface area (Å²) in [4.78, 5) is 5.32. The number of nitrogens with zero attached hydrogens (tertiary/aromatic N) is 1. The smallest absolute Gasteiger partial charge is 0.387 e. The number of thiophene rings is 1. The van der Waals surface area contributed by atoms with Gasteiger partial charge in [-0.05, 0) is 29.1 Å². The maximum absolute atomic E-state index is 12.5. The number of benzene rings is 1. The molecule has 1 aromatic heterocycles. The van der Waals surface area contributed by atoms with Crippen molar-refractivity contribution >= 4 is 17.3 Å². The van der Waals surface area contributed by atoms with Gasteiger partial charge in [0.1, 0.15) is 0 Å². The van der Waals surface area contributed by atoms with Crippen molar-refractivity contribution < 1.29 is 18.3 Å². The fraction of sp³-hybridized carbons (Fsp3) is 0.312. The molecule has 0 aliphatic heterocycles. The van der Waals surface area contributed by atoms with Crippen LogP contribution in [0.15, 0.2) is 40.7 Å². The second-order valence-corrected chi connectivity index (χ2v) is 5.75. The van der Waals surface area contributed by atoms with Crippen LogP contribution in [0.4, 0.5) is 8.78 Å². The molecule has 0 atom stereocenters. The standard InChI is InChI=1S/C16H19F2N3O2S/c1-19-16(21-10-12-4-3-7-24-12)20-9-11-5-6-13(22-2)14(8-11)23-15(17)18/h3-8,15H,9-10H2,1-2H3,(H2,19,20,21). The molecular formula is C16H19F2N3O2S. The highest BCUT2D eigenvalue weighted by molar-refractivity contribution is 7.09. The van der Waals surface area contributed by atoms with Gasteiger partial charge in [0.2, 0.25) is 0 Å². The molecule has 0 spiro atoms. The Morgan fingerprint density at radius 1 is 1.21 bits per heavy atom. The van der Waals surface area contributed by atoms with E-state index in [-0.39, 0.29) is 11.5 Å². The number of alkyl halides is 2. The minimum Gasteiger partial charge on any atom is -0.493 e. The molecule has 0 unspecified atom stereocenters. The highest BCUT2D eigenvalue weighted by Crippen LogP contribution is 2.29. The van der Waals surface area contributed by atoms with E-state index in [1.165, 1.54) is 18.1 Å². The van der Waals surface area contributed by atoms with Crippen molar-refractivity contribution in [2.24, 2.45) is 4.99 Å². The Morgan fingerprint density at radius 2 is 2.00 bits per heavy atom. The SMILES string of the molecule is CN=C(NCc1ccc(OC)c(OC(F)F)c1)NCc1cccs1. The molecule has 24 heavy (non-hydrogen) atoms. The van der Waals surface area contributed by atoms with Gasteiger partial charge in [0, 0.05) is 18.5 Å². The van der Waals surface area contributed by atoms with E-state index in [0.717, 1.165) is 5.56 Å². The summed E-state index contributed by atoms with van der Waals surface area (Å²) in [5.41, 5.74) is 0.769. The molecule has 2 N–H and O–H groups in total. The van der Waals surface area contributed by atoms with Crippen LogP contribution in [0, 0.1) is 0 Å². The molecule has 2 rings (SSSR count). The fourth-order valence-corrected chi connectivity index (χ4v) is 2.65. The molecule has 0 radical (unpaired) electrons. The third-order valence-electron chi connectivity index (χ3n) is 3.14.